The summed E-state index contributed by atoms with van der Waals surface area (Å²) < 4.78 is 2.36. The van der Waals surface area contributed by atoms with Gasteiger partial charge in [-0.1, -0.05) is 0 Å². The van der Waals surface area contributed by atoms with Crippen LogP contribution in [0.25, 0.3) is 11.0 Å². The Hall–Kier alpha value is -1.35. The number of aromatic nitrogens is 2. The standard InChI is InChI=1S/C14H19N3/c1-10-7-13-11(5-6-15)9-17(12-3-2-4-12)14(13)16-8-10/h7-9,12H,2-6,15H2,1H3. The molecular weight excluding hydrogens is 210 g/mol. The van der Waals surface area contributed by atoms with Crippen LogP contribution < -0.4 is 5.73 Å². The first-order valence-corrected chi connectivity index (χ1v) is 6.45. The Morgan fingerprint density at radius 3 is 2.94 bits per heavy atom. The van der Waals surface area contributed by atoms with Crippen LogP contribution >= 0.6 is 0 Å². The zero-order valence-corrected chi connectivity index (χ0v) is 10.3. The Labute approximate surface area is 102 Å². The van der Waals surface area contributed by atoms with Crippen molar-refractivity contribution in [3.63, 3.8) is 0 Å². The van der Waals surface area contributed by atoms with Crippen LogP contribution in [-0.2, 0) is 6.42 Å². The third-order valence-corrected chi connectivity index (χ3v) is 3.77. The summed E-state index contributed by atoms with van der Waals surface area (Å²) in [5.74, 6) is 0. The van der Waals surface area contributed by atoms with Gasteiger partial charge >= 0.3 is 0 Å². The van der Waals surface area contributed by atoms with Crippen molar-refractivity contribution in [2.75, 3.05) is 6.54 Å². The van der Waals surface area contributed by atoms with Crippen LogP contribution in [0.15, 0.2) is 18.5 Å². The normalized spacial score (nSPS) is 16.4. The molecule has 0 aromatic carbocycles. The molecule has 3 nitrogen and oxygen atoms in total. The van der Waals surface area contributed by atoms with Crippen molar-refractivity contribution in [2.45, 2.75) is 38.6 Å². The molecule has 1 saturated carbocycles. The monoisotopic (exact) mass is 229 g/mol. The van der Waals surface area contributed by atoms with Crippen molar-refractivity contribution in [2.24, 2.45) is 5.73 Å². The molecule has 2 heterocycles. The van der Waals surface area contributed by atoms with Gasteiger partial charge in [-0.05, 0) is 56.3 Å². The Balaban J connectivity index is 2.15. The molecule has 0 unspecified atom stereocenters. The smallest absolute Gasteiger partial charge is 0.140 e. The Bertz CT molecular complexity index is 538. The van der Waals surface area contributed by atoms with Crippen molar-refractivity contribution in [3.8, 4) is 0 Å². The lowest BCUT2D eigenvalue weighted by Gasteiger charge is -2.27. The molecule has 2 N–H and O–H groups in total. The number of nitrogens with zero attached hydrogens (tertiary/aromatic N) is 2. The van der Waals surface area contributed by atoms with E-state index in [0.29, 0.717) is 12.6 Å². The molecule has 0 aliphatic heterocycles. The van der Waals surface area contributed by atoms with Crippen LogP contribution in [0.2, 0.25) is 0 Å². The molecule has 0 spiro atoms. The molecule has 0 amide bonds. The largest absolute Gasteiger partial charge is 0.330 e. The van der Waals surface area contributed by atoms with Gasteiger partial charge in [0.2, 0.25) is 0 Å². The fraction of sp³-hybridized carbons (Fsp3) is 0.500. The molecule has 0 bridgehead atoms. The average molecular weight is 229 g/mol. The van der Waals surface area contributed by atoms with Crippen molar-refractivity contribution in [1.82, 2.24) is 9.55 Å². The quantitative estimate of drug-likeness (QED) is 0.879. The number of hydrogen-bond acceptors (Lipinski definition) is 2. The van der Waals surface area contributed by atoms with Gasteiger partial charge in [-0.3, -0.25) is 0 Å². The minimum absolute atomic E-state index is 0.666. The number of pyridine rings is 1. The highest BCUT2D eigenvalue weighted by atomic mass is 15.1. The van der Waals surface area contributed by atoms with Crippen LogP contribution in [0.5, 0.6) is 0 Å². The van der Waals surface area contributed by atoms with Crippen LogP contribution in [0.4, 0.5) is 0 Å². The van der Waals surface area contributed by atoms with Gasteiger partial charge in [0.15, 0.2) is 0 Å². The third kappa shape index (κ3) is 1.75. The van der Waals surface area contributed by atoms with Crippen LogP contribution in [0, 0.1) is 6.92 Å². The van der Waals surface area contributed by atoms with Crippen molar-refractivity contribution in [3.05, 3.63) is 29.6 Å². The van der Waals surface area contributed by atoms with E-state index in [4.69, 9.17) is 5.73 Å². The first kappa shape index (κ1) is 10.8. The number of hydrogen-bond donors (Lipinski definition) is 1. The fourth-order valence-electron chi connectivity index (χ4n) is 2.60. The molecule has 90 valence electrons. The van der Waals surface area contributed by atoms with Gasteiger partial charge < -0.3 is 10.3 Å². The first-order chi connectivity index (χ1) is 8.29. The highest BCUT2D eigenvalue weighted by Gasteiger charge is 2.22. The van der Waals surface area contributed by atoms with Crippen LogP contribution in [-0.4, -0.2) is 16.1 Å². The molecule has 1 aliphatic carbocycles. The summed E-state index contributed by atoms with van der Waals surface area (Å²) in [5.41, 5.74) is 9.41. The summed E-state index contributed by atoms with van der Waals surface area (Å²) >= 11 is 0. The Morgan fingerprint density at radius 1 is 1.47 bits per heavy atom. The van der Waals surface area contributed by atoms with Gasteiger partial charge in [0, 0.05) is 23.8 Å². The summed E-state index contributed by atoms with van der Waals surface area (Å²) in [6.45, 7) is 2.80. The second-order valence-corrected chi connectivity index (χ2v) is 5.07. The molecule has 3 heteroatoms. The van der Waals surface area contributed by atoms with Gasteiger partial charge in [-0.2, -0.15) is 0 Å². The minimum atomic E-state index is 0.666. The van der Waals surface area contributed by atoms with E-state index < -0.39 is 0 Å². The molecule has 0 atom stereocenters. The van der Waals surface area contributed by atoms with Crippen molar-refractivity contribution < 1.29 is 0 Å². The fourth-order valence-corrected chi connectivity index (χ4v) is 2.60. The van der Waals surface area contributed by atoms with Gasteiger partial charge in [0.05, 0.1) is 0 Å². The Kier molecular flexibility index (Phi) is 2.63. The van der Waals surface area contributed by atoms with E-state index in [1.165, 1.54) is 35.8 Å². The van der Waals surface area contributed by atoms with E-state index in [-0.39, 0.29) is 0 Å². The number of aryl methyl sites for hydroxylation is 1. The zero-order chi connectivity index (χ0) is 11.8. The van der Waals surface area contributed by atoms with Crippen LogP contribution in [0.1, 0.15) is 36.4 Å². The lowest BCUT2D eigenvalue weighted by molar-refractivity contribution is 0.320. The molecular formula is C14H19N3. The highest BCUT2D eigenvalue weighted by Crippen LogP contribution is 2.35. The lowest BCUT2D eigenvalue weighted by atomic mass is 9.93. The molecule has 0 saturated heterocycles. The predicted molar refractivity (Wildman–Crippen MR) is 70.1 cm³/mol. The number of nitrogens with two attached hydrogens (primary N) is 1. The van der Waals surface area contributed by atoms with Crippen molar-refractivity contribution >= 4 is 11.0 Å². The second-order valence-electron chi connectivity index (χ2n) is 5.07. The molecule has 2 aromatic heterocycles. The number of rotatable bonds is 3. The maximum Gasteiger partial charge on any atom is 0.140 e. The molecule has 0 radical (unpaired) electrons. The summed E-state index contributed by atoms with van der Waals surface area (Å²) in [5, 5.41) is 1.29. The summed E-state index contributed by atoms with van der Waals surface area (Å²) in [6.07, 6.45) is 9.12. The molecule has 3 rings (SSSR count). The average Bonchev–Trinajstić information content (AvgIpc) is 2.55. The lowest BCUT2D eigenvalue weighted by Crippen LogP contribution is -2.16. The predicted octanol–water partition coefficient (Wildman–Crippen LogP) is 2.57. The van der Waals surface area contributed by atoms with E-state index in [1.807, 2.05) is 6.20 Å². The van der Waals surface area contributed by atoms with E-state index >= 15 is 0 Å². The zero-order valence-electron chi connectivity index (χ0n) is 10.3. The molecule has 17 heavy (non-hydrogen) atoms. The summed E-state index contributed by atoms with van der Waals surface area (Å²) in [7, 11) is 0. The molecule has 1 fully saturated rings. The van der Waals surface area contributed by atoms with Gasteiger partial charge in [-0.25, -0.2) is 4.98 Å². The van der Waals surface area contributed by atoms with E-state index in [0.717, 1.165) is 12.1 Å². The molecule has 1 aliphatic rings. The van der Waals surface area contributed by atoms with Crippen LogP contribution in [0.3, 0.4) is 0 Å². The van der Waals surface area contributed by atoms with Gasteiger partial charge in [0.1, 0.15) is 5.65 Å². The summed E-state index contributed by atoms with van der Waals surface area (Å²) in [4.78, 5) is 4.61. The topological polar surface area (TPSA) is 43.8 Å². The first-order valence-electron chi connectivity index (χ1n) is 6.45. The minimum Gasteiger partial charge on any atom is -0.330 e. The maximum absolute atomic E-state index is 5.69. The van der Waals surface area contributed by atoms with E-state index in [1.54, 1.807) is 0 Å². The molecule has 2 aromatic rings. The number of fused-ring (bicyclic) bond motifs is 1. The Morgan fingerprint density at radius 2 is 2.29 bits per heavy atom. The SMILES string of the molecule is Cc1cnc2c(c1)c(CCN)cn2C1CCC1. The van der Waals surface area contributed by atoms with E-state index in [2.05, 4.69) is 28.7 Å². The summed E-state index contributed by atoms with van der Waals surface area (Å²) in [6, 6.07) is 2.90. The highest BCUT2D eigenvalue weighted by molar-refractivity contribution is 5.81. The van der Waals surface area contributed by atoms with Gasteiger partial charge in [0.25, 0.3) is 0 Å². The second kappa shape index (κ2) is 4.15. The third-order valence-electron chi connectivity index (χ3n) is 3.77. The maximum atomic E-state index is 5.69. The van der Waals surface area contributed by atoms with Crippen molar-refractivity contribution in [1.29, 1.82) is 0 Å². The van der Waals surface area contributed by atoms with E-state index in [9.17, 15) is 0 Å². The van der Waals surface area contributed by atoms with Gasteiger partial charge in [-0.15, -0.1) is 0 Å².